The van der Waals surface area contributed by atoms with Crippen LogP contribution < -0.4 is 9.64 Å². The normalized spacial score (nSPS) is 14.7. The second-order valence-electron chi connectivity index (χ2n) is 6.81. The highest BCUT2D eigenvalue weighted by atomic mass is 19.4. The smallest absolute Gasteiger partial charge is 0.406 e. The van der Waals surface area contributed by atoms with Gasteiger partial charge in [-0.15, -0.1) is 13.2 Å². The molecule has 1 saturated heterocycles. The van der Waals surface area contributed by atoms with Crippen molar-refractivity contribution in [3.8, 4) is 5.75 Å². The molecule has 2 aromatic rings. The predicted molar refractivity (Wildman–Crippen MR) is 107 cm³/mol. The molecule has 1 aliphatic heterocycles. The van der Waals surface area contributed by atoms with E-state index in [4.69, 9.17) is 5.41 Å². The van der Waals surface area contributed by atoms with Gasteiger partial charge in [-0.3, -0.25) is 10.6 Å². The Kier molecular flexibility index (Phi) is 6.95. The number of nitrogens with one attached hydrogen (secondary N) is 1. The van der Waals surface area contributed by atoms with E-state index in [-0.39, 0.29) is 24.1 Å². The van der Waals surface area contributed by atoms with Crippen molar-refractivity contribution < 1.29 is 27.5 Å². The molecule has 0 aliphatic carbocycles. The number of aliphatic imine (C=N–C) groups is 1. The second-order valence-corrected chi connectivity index (χ2v) is 6.81. The number of anilines is 1. The molecule has 0 saturated carbocycles. The van der Waals surface area contributed by atoms with Crippen molar-refractivity contribution in [1.82, 2.24) is 9.96 Å². The van der Waals surface area contributed by atoms with E-state index in [1.807, 2.05) is 0 Å². The van der Waals surface area contributed by atoms with Gasteiger partial charge in [0.2, 0.25) is 5.96 Å². The second kappa shape index (κ2) is 9.65. The van der Waals surface area contributed by atoms with Crippen molar-refractivity contribution >= 4 is 18.0 Å². The van der Waals surface area contributed by atoms with Gasteiger partial charge in [-0.1, -0.05) is 12.1 Å². The Hall–Kier alpha value is -3.34. The summed E-state index contributed by atoms with van der Waals surface area (Å²) in [4.78, 5) is 7.76. The fourth-order valence-corrected chi connectivity index (χ4v) is 3.06. The molecule has 0 spiro atoms. The summed E-state index contributed by atoms with van der Waals surface area (Å²) in [5.41, 5.74) is 1.44. The maximum Gasteiger partial charge on any atom is 0.573 e. The molecule has 31 heavy (non-hydrogen) atoms. The van der Waals surface area contributed by atoms with Crippen LogP contribution in [0.2, 0.25) is 0 Å². The summed E-state index contributed by atoms with van der Waals surface area (Å²) in [6.45, 7) is 2.33. The Morgan fingerprint density at radius 2 is 1.68 bits per heavy atom. The molecular weight excluding hydrogens is 418 g/mol. The first-order valence-corrected chi connectivity index (χ1v) is 9.38. The molecule has 0 aromatic heterocycles. The van der Waals surface area contributed by atoms with E-state index in [0.717, 1.165) is 29.2 Å². The maximum atomic E-state index is 13.0. The van der Waals surface area contributed by atoms with Crippen molar-refractivity contribution in [3.63, 3.8) is 0 Å². The minimum Gasteiger partial charge on any atom is -0.406 e. The quantitative estimate of drug-likeness (QED) is 0.322. The van der Waals surface area contributed by atoms with Crippen LogP contribution in [0.4, 0.5) is 23.2 Å². The SMILES string of the molecule is N=C(N=CN(O)Cc1ccc(OC(F)(F)F)cc1)N1CCN(c2ccc(F)cc2)CC1. The van der Waals surface area contributed by atoms with Crippen LogP contribution in [0.15, 0.2) is 53.5 Å². The number of piperazine rings is 1. The van der Waals surface area contributed by atoms with Gasteiger partial charge in [0.25, 0.3) is 0 Å². The first-order chi connectivity index (χ1) is 14.7. The van der Waals surface area contributed by atoms with Crippen LogP contribution in [-0.4, -0.2) is 60.0 Å². The number of guanidine groups is 1. The van der Waals surface area contributed by atoms with E-state index in [2.05, 4.69) is 14.6 Å². The molecule has 3 rings (SSSR count). The largest absolute Gasteiger partial charge is 0.573 e. The molecule has 0 bridgehead atoms. The van der Waals surface area contributed by atoms with E-state index < -0.39 is 6.36 Å². The van der Waals surface area contributed by atoms with Gasteiger partial charge in [-0.2, -0.15) is 0 Å². The molecule has 1 heterocycles. The van der Waals surface area contributed by atoms with Gasteiger partial charge in [0.1, 0.15) is 17.9 Å². The highest BCUT2D eigenvalue weighted by Gasteiger charge is 2.31. The minimum atomic E-state index is -4.76. The monoisotopic (exact) mass is 439 g/mol. The van der Waals surface area contributed by atoms with Gasteiger partial charge in [0.15, 0.2) is 0 Å². The Balaban J connectivity index is 1.46. The Bertz CT molecular complexity index is 895. The number of rotatable bonds is 5. The highest BCUT2D eigenvalue weighted by Crippen LogP contribution is 2.23. The summed E-state index contributed by atoms with van der Waals surface area (Å²) in [6, 6.07) is 11.3. The van der Waals surface area contributed by atoms with Gasteiger partial charge in [-0.05, 0) is 42.0 Å². The molecule has 0 atom stereocenters. The topological polar surface area (TPSA) is 75.4 Å². The molecule has 0 amide bonds. The summed E-state index contributed by atoms with van der Waals surface area (Å²) >= 11 is 0. The van der Waals surface area contributed by atoms with Crippen molar-refractivity contribution in [2.24, 2.45) is 4.99 Å². The van der Waals surface area contributed by atoms with E-state index in [0.29, 0.717) is 31.7 Å². The van der Waals surface area contributed by atoms with Crippen LogP contribution >= 0.6 is 0 Å². The van der Waals surface area contributed by atoms with E-state index >= 15 is 0 Å². The zero-order chi connectivity index (χ0) is 22.4. The van der Waals surface area contributed by atoms with Gasteiger partial charge >= 0.3 is 6.36 Å². The van der Waals surface area contributed by atoms with Crippen LogP contribution in [0, 0.1) is 11.2 Å². The first-order valence-electron chi connectivity index (χ1n) is 9.38. The van der Waals surface area contributed by atoms with E-state index in [1.54, 1.807) is 17.0 Å². The fraction of sp³-hybridized carbons (Fsp3) is 0.300. The molecular formula is C20H21F4N5O2. The number of hydroxylamine groups is 2. The number of benzene rings is 2. The Labute approximate surface area is 176 Å². The highest BCUT2D eigenvalue weighted by molar-refractivity contribution is 5.84. The number of halogens is 4. The number of ether oxygens (including phenoxy) is 1. The summed E-state index contributed by atoms with van der Waals surface area (Å²) in [6.07, 6.45) is -3.68. The molecule has 166 valence electrons. The third-order valence-electron chi connectivity index (χ3n) is 4.59. The van der Waals surface area contributed by atoms with E-state index in [9.17, 15) is 22.8 Å². The lowest BCUT2D eigenvalue weighted by Crippen LogP contribution is -2.48. The van der Waals surface area contributed by atoms with Gasteiger partial charge < -0.3 is 14.5 Å². The van der Waals surface area contributed by atoms with E-state index in [1.165, 1.54) is 24.3 Å². The molecule has 2 aromatic carbocycles. The Morgan fingerprint density at radius 1 is 1.06 bits per heavy atom. The molecule has 1 aliphatic rings. The zero-order valence-corrected chi connectivity index (χ0v) is 16.4. The Morgan fingerprint density at radius 3 is 2.26 bits per heavy atom. The molecule has 2 N–H and O–H groups in total. The first kappa shape index (κ1) is 22.3. The molecule has 0 unspecified atom stereocenters. The van der Waals surface area contributed by atoms with Gasteiger partial charge in [0, 0.05) is 31.9 Å². The van der Waals surface area contributed by atoms with Gasteiger partial charge in [0.05, 0.1) is 6.54 Å². The average Bonchev–Trinajstić information content (AvgIpc) is 2.73. The van der Waals surface area contributed by atoms with Crippen LogP contribution in [0.3, 0.4) is 0 Å². The van der Waals surface area contributed by atoms with Crippen LogP contribution in [0.1, 0.15) is 5.56 Å². The third-order valence-corrected chi connectivity index (χ3v) is 4.59. The molecule has 0 radical (unpaired) electrons. The van der Waals surface area contributed by atoms with Crippen molar-refractivity contribution in [2.75, 3.05) is 31.1 Å². The standard InChI is InChI=1S/C20H21F4N5O2/c21-16-3-5-17(6-4-16)27-9-11-28(12-10-27)19(25)26-14-29(30)13-15-1-7-18(8-2-15)31-20(22,23)24/h1-8,14,25,30H,9-13H2. The lowest BCUT2D eigenvalue weighted by molar-refractivity contribution is -0.274. The lowest BCUT2D eigenvalue weighted by Gasteiger charge is -2.36. The van der Waals surface area contributed by atoms with Gasteiger partial charge in [-0.25, -0.2) is 14.4 Å². The molecule has 11 heteroatoms. The summed E-state index contributed by atoms with van der Waals surface area (Å²) in [7, 11) is 0. The predicted octanol–water partition coefficient (Wildman–Crippen LogP) is 3.70. The summed E-state index contributed by atoms with van der Waals surface area (Å²) < 4.78 is 53.4. The number of hydrogen-bond acceptors (Lipinski definition) is 4. The molecule has 7 nitrogen and oxygen atoms in total. The maximum absolute atomic E-state index is 13.0. The van der Waals surface area contributed by atoms with Crippen molar-refractivity contribution in [2.45, 2.75) is 12.9 Å². The summed E-state index contributed by atoms with van der Waals surface area (Å²) in [5.74, 6) is -0.666. The number of alkyl halides is 3. The summed E-state index contributed by atoms with van der Waals surface area (Å²) in [5, 5.41) is 18.7. The minimum absolute atomic E-state index is 0.0215. The fourth-order valence-electron chi connectivity index (χ4n) is 3.06. The third kappa shape index (κ3) is 6.85. The number of hydrogen-bond donors (Lipinski definition) is 2. The molecule has 1 fully saturated rings. The van der Waals surface area contributed by atoms with Crippen LogP contribution in [0.25, 0.3) is 0 Å². The lowest BCUT2D eigenvalue weighted by atomic mass is 10.2. The number of nitrogens with zero attached hydrogens (tertiary/aromatic N) is 4. The average molecular weight is 439 g/mol. The van der Waals surface area contributed by atoms with Crippen molar-refractivity contribution in [1.29, 1.82) is 5.41 Å². The van der Waals surface area contributed by atoms with Crippen molar-refractivity contribution in [3.05, 3.63) is 59.9 Å². The van der Waals surface area contributed by atoms with Crippen LogP contribution in [-0.2, 0) is 6.54 Å². The zero-order valence-electron chi connectivity index (χ0n) is 16.4. The van der Waals surface area contributed by atoms with Crippen LogP contribution in [0.5, 0.6) is 5.75 Å².